The van der Waals surface area contributed by atoms with E-state index in [2.05, 4.69) is 6.58 Å². The lowest BCUT2D eigenvalue weighted by atomic mass is 9.66. The first-order valence-electron chi connectivity index (χ1n) is 7.83. The van der Waals surface area contributed by atoms with Crippen LogP contribution in [0.25, 0.3) is 0 Å². The number of rotatable bonds is 6. The summed E-state index contributed by atoms with van der Waals surface area (Å²) in [6.45, 7) is 10.2. The number of esters is 2. The van der Waals surface area contributed by atoms with Gasteiger partial charge < -0.3 is 9.47 Å². The first-order chi connectivity index (χ1) is 11.0. The van der Waals surface area contributed by atoms with Crippen LogP contribution in [0, 0.1) is 17.3 Å². The highest BCUT2D eigenvalue weighted by molar-refractivity contribution is 7.74. The summed E-state index contributed by atoms with van der Waals surface area (Å²) in [7, 11) is 0. The van der Waals surface area contributed by atoms with Crippen LogP contribution in [0.15, 0.2) is 12.7 Å². The van der Waals surface area contributed by atoms with Gasteiger partial charge in [0.05, 0.1) is 0 Å². The monoisotopic (exact) mass is 360 g/mol. The molecule has 0 aromatic heterocycles. The van der Waals surface area contributed by atoms with Gasteiger partial charge in [-0.05, 0) is 38.5 Å². The van der Waals surface area contributed by atoms with E-state index in [4.69, 9.17) is 13.7 Å². The number of fused-ring (bicyclic) bond motifs is 2. The lowest BCUT2D eigenvalue weighted by Crippen LogP contribution is -2.62. The molecule has 24 heavy (non-hydrogen) atoms. The minimum Gasteiger partial charge on any atom is -0.453 e. The van der Waals surface area contributed by atoms with Gasteiger partial charge in [-0.25, -0.2) is 9.59 Å². The second kappa shape index (κ2) is 6.24. The molecule has 8 heteroatoms. The third-order valence-corrected chi connectivity index (χ3v) is 6.88. The van der Waals surface area contributed by atoms with Gasteiger partial charge in [-0.15, -0.1) is 0 Å². The molecule has 0 aromatic rings. The van der Waals surface area contributed by atoms with Crippen LogP contribution in [0.4, 0.5) is 0 Å². The van der Waals surface area contributed by atoms with Crippen molar-refractivity contribution < 1.29 is 32.0 Å². The molecule has 0 radical (unpaired) electrons. The molecule has 2 saturated carbocycles. The number of hydrogen-bond donors (Lipinski definition) is 1. The quantitative estimate of drug-likeness (QED) is 0.439. The Morgan fingerprint density at radius 3 is 2.54 bits per heavy atom. The summed E-state index contributed by atoms with van der Waals surface area (Å²) in [5.41, 5.74) is -2.65. The van der Waals surface area contributed by atoms with Crippen LogP contribution >= 0.6 is 0 Å². The van der Waals surface area contributed by atoms with Crippen LogP contribution in [0.1, 0.15) is 40.5 Å². The number of carbonyl (C=O) groups excluding carboxylic acids is 2. The minimum absolute atomic E-state index is 0.0212. The lowest BCUT2D eigenvalue weighted by Gasteiger charge is -2.50. The SMILES string of the molecule is C=CC(=O)OCC(=O)OC1(C)C2(C)CCC(C2C)C1(C)OS(=O)O. The van der Waals surface area contributed by atoms with Gasteiger partial charge in [-0.1, -0.05) is 20.4 Å². The molecular formula is C16H24O7S. The highest BCUT2D eigenvalue weighted by atomic mass is 32.2. The third-order valence-electron chi connectivity index (χ3n) is 6.39. The van der Waals surface area contributed by atoms with Crippen LogP contribution < -0.4 is 0 Å². The molecule has 2 bridgehead atoms. The van der Waals surface area contributed by atoms with Crippen molar-refractivity contribution in [2.75, 3.05) is 6.61 Å². The second-order valence-corrected chi connectivity index (χ2v) is 7.68. The average Bonchev–Trinajstić information content (AvgIpc) is 2.85. The summed E-state index contributed by atoms with van der Waals surface area (Å²) >= 11 is -2.49. The molecule has 2 rings (SSSR count). The largest absolute Gasteiger partial charge is 0.453 e. The van der Waals surface area contributed by atoms with Crippen LogP contribution in [0.5, 0.6) is 0 Å². The van der Waals surface area contributed by atoms with Gasteiger partial charge in [0.1, 0.15) is 11.2 Å². The maximum atomic E-state index is 12.2. The number of hydrogen-bond acceptors (Lipinski definition) is 6. The Kier molecular flexibility index (Phi) is 4.96. The first-order valence-corrected chi connectivity index (χ1v) is 8.86. The lowest BCUT2D eigenvalue weighted by molar-refractivity contribution is -0.213. The molecule has 0 saturated heterocycles. The molecule has 0 aromatic carbocycles. The van der Waals surface area contributed by atoms with Crippen molar-refractivity contribution in [1.82, 2.24) is 0 Å². The van der Waals surface area contributed by atoms with Gasteiger partial charge in [0.2, 0.25) is 0 Å². The van der Waals surface area contributed by atoms with Gasteiger partial charge in [0.25, 0.3) is 0 Å². The number of ether oxygens (including phenoxy) is 2. The van der Waals surface area contributed by atoms with Crippen molar-refractivity contribution in [2.45, 2.75) is 51.7 Å². The Hall–Kier alpha value is -1.25. The molecule has 0 heterocycles. The molecule has 1 N–H and O–H groups in total. The van der Waals surface area contributed by atoms with E-state index in [-0.39, 0.29) is 11.8 Å². The third kappa shape index (κ3) is 2.60. The molecule has 0 spiro atoms. The van der Waals surface area contributed by atoms with Crippen LogP contribution in [0.3, 0.4) is 0 Å². The maximum Gasteiger partial charge on any atom is 0.344 e. The topological polar surface area (TPSA) is 99.1 Å². The van der Waals surface area contributed by atoms with E-state index < -0.39 is 46.5 Å². The normalized spacial score (nSPS) is 41.7. The fourth-order valence-corrected chi connectivity index (χ4v) is 5.26. The van der Waals surface area contributed by atoms with Gasteiger partial charge in [-0.2, -0.15) is 4.21 Å². The average molecular weight is 360 g/mol. The summed E-state index contributed by atoms with van der Waals surface area (Å²) in [4.78, 5) is 23.3. The summed E-state index contributed by atoms with van der Waals surface area (Å²) in [5, 5.41) is 0. The molecular weight excluding hydrogens is 336 g/mol. The van der Waals surface area contributed by atoms with E-state index in [0.29, 0.717) is 0 Å². The van der Waals surface area contributed by atoms with E-state index in [0.717, 1.165) is 18.9 Å². The predicted octanol–water partition coefficient (Wildman–Crippen LogP) is 2.00. The second-order valence-electron chi connectivity index (χ2n) is 7.08. The van der Waals surface area contributed by atoms with Crippen molar-refractivity contribution in [3.05, 3.63) is 12.7 Å². The smallest absolute Gasteiger partial charge is 0.344 e. The van der Waals surface area contributed by atoms with Crippen molar-refractivity contribution in [2.24, 2.45) is 17.3 Å². The van der Waals surface area contributed by atoms with Crippen LogP contribution in [-0.4, -0.2) is 38.5 Å². The molecule has 2 fully saturated rings. The number of carbonyl (C=O) groups is 2. The fraction of sp³-hybridized carbons (Fsp3) is 0.750. The van der Waals surface area contributed by atoms with Gasteiger partial charge in [0.15, 0.2) is 6.61 Å². The van der Waals surface area contributed by atoms with Crippen molar-refractivity contribution in [3.8, 4) is 0 Å². The molecule has 6 atom stereocenters. The predicted molar refractivity (Wildman–Crippen MR) is 85.9 cm³/mol. The highest BCUT2D eigenvalue weighted by Gasteiger charge is 2.76. The Morgan fingerprint density at radius 2 is 2.00 bits per heavy atom. The maximum absolute atomic E-state index is 12.2. The van der Waals surface area contributed by atoms with Gasteiger partial charge in [-0.3, -0.25) is 8.74 Å². The molecule has 6 unspecified atom stereocenters. The standard InChI is InChI=1S/C16H24O7S/c1-6-12(17)21-9-13(18)22-16(5)14(3)8-7-11(10(14)2)15(16,4)23-24(19)20/h6,10-11H,1,7-9H2,2-5H3,(H,19,20). The van der Waals surface area contributed by atoms with E-state index in [9.17, 15) is 18.4 Å². The van der Waals surface area contributed by atoms with Crippen LogP contribution in [0.2, 0.25) is 0 Å². The molecule has 2 aliphatic rings. The summed E-state index contributed by atoms with van der Waals surface area (Å²) in [5.74, 6) is -1.33. The zero-order chi connectivity index (χ0) is 18.3. The first kappa shape index (κ1) is 19.1. The van der Waals surface area contributed by atoms with E-state index in [1.807, 2.05) is 13.8 Å². The summed E-state index contributed by atoms with van der Waals surface area (Å²) in [6.07, 6.45) is 2.59. The molecule has 7 nitrogen and oxygen atoms in total. The van der Waals surface area contributed by atoms with Crippen molar-refractivity contribution in [3.63, 3.8) is 0 Å². The van der Waals surface area contributed by atoms with Crippen LogP contribution in [-0.2, 0) is 34.6 Å². The fourth-order valence-electron chi connectivity index (χ4n) is 4.68. The zero-order valence-corrected chi connectivity index (χ0v) is 15.2. The van der Waals surface area contributed by atoms with Gasteiger partial charge >= 0.3 is 23.3 Å². The summed E-state index contributed by atoms with van der Waals surface area (Å²) in [6, 6.07) is 0. The van der Waals surface area contributed by atoms with Gasteiger partial charge in [0, 0.05) is 11.5 Å². The van der Waals surface area contributed by atoms with E-state index in [1.54, 1.807) is 13.8 Å². The minimum atomic E-state index is -2.49. The molecule has 2 aliphatic carbocycles. The Labute approximate surface area is 144 Å². The molecule has 136 valence electrons. The summed E-state index contributed by atoms with van der Waals surface area (Å²) < 4.78 is 36.4. The molecule has 0 aliphatic heterocycles. The van der Waals surface area contributed by atoms with Crippen molar-refractivity contribution in [1.29, 1.82) is 0 Å². The highest BCUT2D eigenvalue weighted by Crippen LogP contribution is 2.69. The van der Waals surface area contributed by atoms with Crippen molar-refractivity contribution >= 4 is 23.3 Å². The Bertz CT molecular complexity index is 591. The van der Waals surface area contributed by atoms with E-state index >= 15 is 0 Å². The Balaban J connectivity index is 2.28. The zero-order valence-electron chi connectivity index (χ0n) is 14.4. The van der Waals surface area contributed by atoms with E-state index in [1.165, 1.54) is 0 Å². The Morgan fingerprint density at radius 1 is 1.38 bits per heavy atom. The molecule has 0 amide bonds.